The number of carbonyl (C=O) groups excluding carboxylic acids is 2. The van der Waals surface area contributed by atoms with Crippen LogP contribution >= 0.6 is 15.9 Å². The minimum Gasteiger partial charge on any atom is -0.490 e. The second kappa shape index (κ2) is 12.4. The van der Waals surface area contributed by atoms with Crippen molar-refractivity contribution in [2.24, 2.45) is 10.8 Å². The molecule has 0 aromatic heterocycles. The molecule has 1 aliphatic heterocycles. The van der Waals surface area contributed by atoms with Crippen molar-refractivity contribution in [3.8, 4) is 17.2 Å². The number of ether oxygens (including phenoxy) is 2. The van der Waals surface area contributed by atoms with Crippen LogP contribution in [-0.2, 0) is 15.8 Å². The number of nitro benzene ring substituents is 1. The smallest absolute Gasteiger partial charge is 0.416 e. The fraction of sp³-hybridized carbons (Fsp3) is 0.486. The van der Waals surface area contributed by atoms with Gasteiger partial charge in [-0.2, -0.15) is 13.2 Å². The van der Waals surface area contributed by atoms with Crippen LogP contribution in [0.5, 0.6) is 17.2 Å². The van der Waals surface area contributed by atoms with Gasteiger partial charge < -0.3 is 14.4 Å². The van der Waals surface area contributed by atoms with Gasteiger partial charge in [0.15, 0.2) is 23.1 Å². The highest BCUT2D eigenvalue weighted by molar-refractivity contribution is 9.10. The van der Waals surface area contributed by atoms with E-state index in [2.05, 4.69) is 55.4 Å². The van der Waals surface area contributed by atoms with E-state index >= 15 is 0 Å². The second-order valence-corrected chi connectivity index (χ2v) is 14.8. The van der Waals surface area contributed by atoms with Crippen molar-refractivity contribution in [2.45, 2.75) is 85.7 Å². The Kier molecular flexibility index (Phi) is 9.15. The van der Waals surface area contributed by atoms with Gasteiger partial charge in [-0.15, -0.1) is 0 Å². The monoisotopic (exact) mass is 718 g/mol. The van der Waals surface area contributed by atoms with E-state index in [1.807, 2.05) is 0 Å². The summed E-state index contributed by atoms with van der Waals surface area (Å²) in [7, 11) is 0. The maximum absolute atomic E-state index is 14.1. The highest BCUT2D eigenvalue weighted by atomic mass is 79.9. The largest absolute Gasteiger partial charge is 0.490 e. The summed E-state index contributed by atoms with van der Waals surface area (Å²) in [4.78, 5) is 41.2. The van der Waals surface area contributed by atoms with E-state index in [-0.39, 0.29) is 40.5 Å². The number of hydrogen-bond acceptors (Lipinski definition) is 7. The molecule has 0 bridgehead atoms. The molecular weight excluding hydrogens is 681 g/mol. The van der Waals surface area contributed by atoms with Gasteiger partial charge in [0.05, 0.1) is 21.6 Å². The van der Waals surface area contributed by atoms with E-state index in [0.717, 1.165) is 23.9 Å². The van der Waals surface area contributed by atoms with Gasteiger partial charge in [0, 0.05) is 53.9 Å². The Hall–Kier alpha value is -3.67. The van der Waals surface area contributed by atoms with Crippen molar-refractivity contribution in [3.63, 3.8) is 0 Å². The number of carbonyl (C=O) groups is 2. The van der Waals surface area contributed by atoms with E-state index in [1.165, 1.54) is 0 Å². The van der Waals surface area contributed by atoms with Gasteiger partial charge >= 0.3 is 11.9 Å². The van der Waals surface area contributed by atoms with Crippen LogP contribution in [0.1, 0.15) is 90.7 Å². The molecular formula is C35H38BrF3N2O6. The lowest BCUT2D eigenvalue weighted by Gasteiger charge is -2.49. The lowest BCUT2D eigenvalue weighted by molar-refractivity contribution is -0.385. The quantitative estimate of drug-likeness (QED) is 0.198. The highest BCUT2D eigenvalue weighted by Gasteiger charge is 2.49. The van der Waals surface area contributed by atoms with Gasteiger partial charge in [-0.1, -0.05) is 34.6 Å². The molecule has 3 aliphatic rings. The Morgan fingerprint density at radius 2 is 1.51 bits per heavy atom. The average molecular weight is 720 g/mol. The summed E-state index contributed by atoms with van der Waals surface area (Å²) in [6.45, 7) is 12.9. The third-order valence-electron chi connectivity index (χ3n) is 8.83. The topological polar surface area (TPSA) is 99.0 Å². The number of halogens is 4. The van der Waals surface area contributed by atoms with Crippen molar-refractivity contribution in [2.75, 3.05) is 13.2 Å². The molecule has 47 heavy (non-hydrogen) atoms. The minimum atomic E-state index is -4.78. The van der Waals surface area contributed by atoms with Crippen molar-refractivity contribution in [3.05, 3.63) is 78.6 Å². The van der Waals surface area contributed by atoms with E-state index in [9.17, 15) is 32.9 Å². The van der Waals surface area contributed by atoms with Gasteiger partial charge in [-0.3, -0.25) is 19.7 Å². The summed E-state index contributed by atoms with van der Waals surface area (Å²) >= 11 is 3.51. The van der Waals surface area contributed by atoms with E-state index in [4.69, 9.17) is 9.47 Å². The molecule has 252 valence electrons. The predicted octanol–water partition coefficient (Wildman–Crippen LogP) is 9.66. The lowest BCUT2D eigenvalue weighted by atomic mass is 9.63. The average Bonchev–Trinajstić information content (AvgIpc) is 2.93. The Morgan fingerprint density at radius 1 is 0.936 bits per heavy atom. The first-order valence-electron chi connectivity index (χ1n) is 15.7. The third-order valence-corrected chi connectivity index (χ3v) is 9.42. The van der Waals surface area contributed by atoms with Crippen LogP contribution in [0.4, 0.5) is 18.9 Å². The Morgan fingerprint density at radius 3 is 2.00 bits per heavy atom. The fourth-order valence-corrected chi connectivity index (χ4v) is 7.56. The molecule has 0 saturated carbocycles. The van der Waals surface area contributed by atoms with Gasteiger partial charge in [0.2, 0.25) is 5.75 Å². The van der Waals surface area contributed by atoms with Crippen molar-refractivity contribution in [1.29, 1.82) is 0 Å². The van der Waals surface area contributed by atoms with Crippen LogP contribution < -0.4 is 9.47 Å². The van der Waals surface area contributed by atoms with E-state index < -0.39 is 34.0 Å². The first-order chi connectivity index (χ1) is 21.9. The Labute approximate surface area is 280 Å². The molecule has 0 radical (unpaired) electrons. The molecule has 2 aromatic carbocycles. The van der Waals surface area contributed by atoms with Gasteiger partial charge in [-0.25, -0.2) is 0 Å². The van der Waals surface area contributed by atoms with Crippen LogP contribution in [0.2, 0.25) is 0 Å². The van der Waals surface area contributed by atoms with Crippen LogP contribution in [-0.4, -0.2) is 34.5 Å². The zero-order valence-electron chi connectivity index (χ0n) is 27.3. The lowest BCUT2D eigenvalue weighted by Crippen LogP contribution is -2.44. The van der Waals surface area contributed by atoms with Gasteiger partial charge in [-0.05, 0) is 82.8 Å². The maximum Gasteiger partial charge on any atom is 0.416 e. The summed E-state index contributed by atoms with van der Waals surface area (Å²) in [5.74, 6) is -0.974. The molecule has 0 atom stereocenters. The molecule has 0 amide bonds. The number of allylic oxidation sites excluding steroid dienone is 4. The molecule has 0 fully saturated rings. The normalized spacial score (nSPS) is 19.5. The Balaban J connectivity index is 1.70. The summed E-state index contributed by atoms with van der Waals surface area (Å²) in [6, 6.07) is 5.40. The van der Waals surface area contributed by atoms with Crippen LogP contribution in [0, 0.1) is 20.9 Å². The number of ketones is 2. The standard InChI is InChI=1S/C35H38BrF3N2O6/c1-7-11-40-23-15-33(3,4)17-25(42)30(23)29(31-24(40)16-34(5,6)18-26(31)43)19-12-21(36)32(28(13-19)46-8-2)47-27-10-9-20(35(37,38)39)14-22(27)41(44)45/h9-10,12-14,29H,7-8,11,15-18H2,1-6H3. The summed E-state index contributed by atoms with van der Waals surface area (Å²) < 4.78 is 52.1. The molecule has 1 heterocycles. The molecule has 0 spiro atoms. The van der Waals surface area contributed by atoms with E-state index in [1.54, 1.807) is 19.1 Å². The first kappa shape index (κ1) is 34.7. The highest BCUT2D eigenvalue weighted by Crippen LogP contribution is 2.56. The number of Topliss-reactive ketones (excluding diaryl/α,β-unsaturated/α-hetero) is 2. The number of nitro groups is 1. The minimum absolute atomic E-state index is 0.0116. The number of benzene rings is 2. The zero-order valence-corrected chi connectivity index (χ0v) is 28.9. The number of nitrogens with zero attached hydrogens (tertiary/aromatic N) is 2. The van der Waals surface area contributed by atoms with Crippen LogP contribution in [0.3, 0.4) is 0 Å². The van der Waals surface area contributed by atoms with Crippen molar-refractivity contribution >= 4 is 33.2 Å². The van der Waals surface area contributed by atoms with Gasteiger partial charge in [0.1, 0.15) is 0 Å². The first-order valence-corrected chi connectivity index (χ1v) is 16.5. The fourth-order valence-electron chi connectivity index (χ4n) is 7.02. The molecule has 8 nitrogen and oxygen atoms in total. The molecule has 12 heteroatoms. The predicted molar refractivity (Wildman–Crippen MR) is 173 cm³/mol. The van der Waals surface area contributed by atoms with Gasteiger partial charge in [0.25, 0.3) is 0 Å². The van der Waals surface area contributed by atoms with E-state index in [0.29, 0.717) is 65.5 Å². The van der Waals surface area contributed by atoms with Crippen LogP contribution in [0.15, 0.2) is 57.3 Å². The second-order valence-electron chi connectivity index (χ2n) is 14.0. The third kappa shape index (κ3) is 6.71. The summed E-state index contributed by atoms with van der Waals surface area (Å²) in [5.41, 5.74) is 1.04. The molecule has 5 rings (SSSR count). The zero-order chi connectivity index (χ0) is 34.6. The molecule has 0 saturated heterocycles. The van der Waals surface area contributed by atoms with Crippen LogP contribution in [0.25, 0.3) is 0 Å². The summed E-state index contributed by atoms with van der Waals surface area (Å²) in [6.07, 6.45) is -1.99. The SMILES string of the molecule is CCCN1C2=C(C(=O)CC(C)(C)C2)C(c2cc(Br)c(Oc3ccc(C(F)(F)F)cc3[N+](=O)[O-])c(OCC)c2)C2=C1CC(C)(C)CC2=O. The number of hydrogen-bond donors (Lipinski definition) is 0. The Bertz CT molecular complexity index is 1670. The number of alkyl halides is 3. The molecule has 0 N–H and O–H groups in total. The molecule has 2 aromatic rings. The molecule has 0 unspecified atom stereocenters. The van der Waals surface area contributed by atoms with Crippen molar-refractivity contribution in [1.82, 2.24) is 4.90 Å². The summed E-state index contributed by atoms with van der Waals surface area (Å²) in [5, 5.41) is 11.8. The number of rotatable bonds is 8. The molecule has 2 aliphatic carbocycles. The maximum atomic E-state index is 14.1. The van der Waals surface area contributed by atoms with Crippen molar-refractivity contribution < 1.29 is 37.2 Å².